The highest BCUT2D eigenvalue weighted by atomic mass is 16.5. The summed E-state index contributed by atoms with van der Waals surface area (Å²) in [5.41, 5.74) is 2.34. The van der Waals surface area contributed by atoms with E-state index < -0.39 is 12.0 Å². The molecule has 0 amide bonds. The summed E-state index contributed by atoms with van der Waals surface area (Å²) < 4.78 is 5.22. The Morgan fingerprint density at radius 1 is 1.37 bits per heavy atom. The van der Waals surface area contributed by atoms with Crippen molar-refractivity contribution in [3.8, 4) is 5.75 Å². The van der Waals surface area contributed by atoms with Gasteiger partial charge in [0, 0.05) is 0 Å². The first-order valence-electron chi connectivity index (χ1n) is 6.01. The lowest BCUT2D eigenvalue weighted by Crippen LogP contribution is -2.37. The van der Waals surface area contributed by atoms with E-state index in [4.69, 9.17) is 9.84 Å². The van der Waals surface area contributed by atoms with Gasteiger partial charge in [0.15, 0.2) is 5.78 Å². The van der Waals surface area contributed by atoms with E-state index in [2.05, 4.69) is 5.32 Å². The summed E-state index contributed by atoms with van der Waals surface area (Å²) in [6.07, 6.45) is 0. The molecule has 0 aliphatic heterocycles. The normalized spacial score (nSPS) is 12.0. The summed E-state index contributed by atoms with van der Waals surface area (Å²) in [7, 11) is 1.51. The molecule has 104 valence electrons. The maximum absolute atomic E-state index is 12.1. The topological polar surface area (TPSA) is 75.6 Å². The lowest BCUT2D eigenvalue weighted by molar-refractivity contribution is -0.138. The third-order valence-electron chi connectivity index (χ3n) is 2.88. The zero-order valence-electron chi connectivity index (χ0n) is 11.6. The zero-order chi connectivity index (χ0) is 14.6. The zero-order valence-corrected chi connectivity index (χ0v) is 11.6. The SMILES string of the molecule is COc1cc(C)cc(C)c1C(=O)CNC(C)C(=O)O. The minimum Gasteiger partial charge on any atom is -0.496 e. The number of carboxylic acid groups (broad SMARTS) is 1. The fourth-order valence-corrected chi connectivity index (χ4v) is 1.87. The van der Waals surface area contributed by atoms with Crippen molar-refractivity contribution in [3.63, 3.8) is 0 Å². The third kappa shape index (κ3) is 3.79. The highest BCUT2D eigenvalue weighted by Crippen LogP contribution is 2.24. The van der Waals surface area contributed by atoms with Crippen LogP contribution in [0.4, 0.5) is 0 Å². The van der Waals surface area contributed by atoms with E-state index in [1.165, 1.54) is 14.0 Å². The van der Waals surface area contributed by atoms with Crippen LogP contribution in [0.25, 0.3) is 0 Å². The summed E-state index contributed by atoms with van der Waals surface area (Å²) in [5, 5.41) is 11.4. The molecule has 0 aliphatic carbocycles. The van der Waals surface area contributed by atoms with E-state index in [1.807, 2.05) is 19.9 Å². The number of ketones is 1. The Labute approximate surface area is 112 Å². The van der Waals surface area contributed by atoms with Crippen molar-refractivity contribution in [1.82, 2.24) is 5.32 Å². The number of carbonyl (C=O) groups excluding carboxylic acids is 1. The van der Waals surface area contributed by atoms with Gasteiger partial charge in [-0.2, -0.15) is 0 Å². The molecule has 0 aliphatic rings. The fraction of sp³-hybridized carbons (Fsp3) is 0.429. The number of ether oxygens (including phenoxy) is 1. The first-order valence-corrected chi connectivity index (χ1v) is 6.01. The molecule has 0 radical (unpaired) electrons. The monoisotopic (exact) mass is 265 g/mol. The molecule has 0 bridgehead atoms. The van der Waals surface area contributed by atoms with Crippen molar-refractivity contribution >= 4 is 11.8 Å². The molecule has 1 aromatic rings. The number of aryl methyl sites for hydroxylation is 2. The van der Waals surface area contributed by atoms with Crippen molar-refractivity contribution in [2.24, 2.45) is 0 Å². The second kappa shape index (κ2) is 6.33. The molecule has 2 N–H and O–H groups in total. The maximum Gasteiger partial charge on any atom is 0.320 e. The van der Waals surface area contributed by atoms with Gasteiger partial charge in [-0.05, 0) is 38.0 Å². The number of rotatable bonds is 6. The van der Waals surface area contributed by atoms with Gasteiger partial charge in [-0.1, -0.05) is 6.07 Å². The van der Waals surface area contributed by atoms with Crippen LogP contribution in [0.5, 0.6) is 5.75 Å². The van der Waals surface area contributed by atoms with Gasteiger partial charge in [0.1, 0.15) is 11.8 Å². The van der Waals surface area contributed by atoms with Gasteiger partial charge in [0.25, 0.3) is 0 Å². The Balaban J connectivity index is 2.91. The minimum absolute atomic E-state index is 0.0340. The summed E-state index contributed by atoms with van der Waals surface area (Å²) in [5.74, 6) is -0.643. The Morgan fingerprint density at radius 3 is 2.53 bits per heavy atom. The number of Topliss-reactive ketones (excluding diaryl/α,β-unsaturated/α-hetero) is 1. The number of carboxylic acids is 1. The maximum atomic E-state index is 12.1. The second-order valence-corrected chi connectivity index (χ2v) is 4.52. The van der Waals surface area contributed by atoms with E-state index in [0.717, 1.165) is 11.1 Å². The van der Waals surface area contributed by atoms with Crippen LogP contribution in [0.15, 0.2) is 12.1 Å². The first-order chi connectivity index (χ1) is 8.86. The molecular weight excluding hydrogens is 246 g/mol. The minimum atomic E-state index is -0.986. The van der Waals surface area contributed by atoms with Crippen LogP contribution < -0.4 is 10.1 Å². The van der Waals surface area contributed by atoms with Crippen molar-refractivity contribution in [3.05, 3.63) is 28.8 Å². The summed E-state index contributed by atoms with van der Waals surface area (Å²) in [6.45, 7) is 5.22. The van der Waals surface area contributed by atoms with Crippen LogP contribution in [-0.4, -0.2) is 36.6 Å². The summed E-state index contributed by atoms with van der Waals surface area (Å²) in [4.78, 5) is 22.8. The lowest BCUT2D eigenvalue weighted by Gasteiger charge is -2.13. The Kier molecular flexibility index (Phi) is 5.06. The number of nitrogens with one attached hydrogen (secondary N) is 1. The largest absolute Gasteiger partial charge is 0.496 e. The lowest BCUT2D eigenvalue weighted by atomic mass is 10.0. The van der Waals surface area contributed by atoms with E-state index in [1.54, 1.807) is 6.07 Å². The number of carbonyl (C=O) groups is 2. The van der Waals surface area contributed by atoms with Crippen LogP contribution in [0.3, 0.4) is 0 Å². The second-order valence-electron chi connectivity index (χ2n) is 4.52. The number of hydrogen-bond acceptors (Lipinski definition) is 4. The quantitative estimate of drug-likeness (QED) is 0.763. The standard InChI is InChI=1S/C14H19NO4/c1-8-5-9(2)13(12(6-8)19-4)11(16)7-15-10(3)14(17)18/h5-6,10,15H,7H2,1-4H3,(H,17,18). The van der Waals surface area contributed by atoms with Crippen molar-refractivity contribution in [2.45, 2.75) is 26.8 Å². The van der Waals surface area contributed by atoms with Crippen LogP contribution in [0.1, 0.15) is 28.4 Å². The summed E-state index contributed by atoms with van der Waals surface area (Å²) >= 11 is 0. The van der Waals surface area contributed by atoms with Gasteiger partial charge in [-0.25, -0.2) is 0 Å². The Bertz CT molecular complexity index is 496. The fourth-order valence-electron chi connectivity index (χ4n) is 1.87. The van der Waals surface area contributed by atoms with E-state index in [0.29, 0.717) is 11.3 Å². The van der Waals surface area contributed by atoms with Crippen molar-refractivity contribution in [2.75, 3.05) is 13.7 Å². The molecule has 5 heteroatoms. The van der Waals surface area contributed by atoms with Gasteiger partial charge >= 0.3 is 5.97 Å². The highest BCUT2D eigenvalue weighted by molar-refractivity contribution is 6.01. The molecule has 0 saturated heterocycles. The van der Waals surface area contributed by atoms with Gasteiger partial charge < -0.3 is 9.84 Å². The van der Waals surface area contributed by atoms with Crippen LogP contribution in [0, 0.1) is 13.8 Å². The molecule has 0 saturated carbocycles. The highest BCUT2D eigenvalue weighted by Gasteiger charge is 2.18. The Hall–Kier alpha value is -1.88. The van der Waals surface area contributed by atoms with Gasteiger partial charge in [0.2, 0.25) is 0 Å². The molecule has 5 nitrogen and oxygen atoms in total. The number of benzene rings is 1. The third-order valence-corrected chi connectivity index (χ3v) is 2.88. The molecule has 1 unspecified atom stereocenters. The number of aliphatic carboxylic acids is 1. The molecular formula is C14H19NO4. The predicted molar refractivity (Wildman–Crippen MR) is 71.9 cm³/mol. The van der Waals surface area contributed by atoms with Gasteiger partial charge in [-0.15, -0.1) is 0 Å². The molecule has 1 atom stereocenters. The average molecular weight is 265 g/mol. The first kappa shape index (κ1) is 15.2. The molecule has 1 aromatic carbocycles. The van der Waals surface area contributed by atoms with E-state index in [-0.39, 0.29) is 12.3 Å². The molecule has 1 rings (SSSR count). The molecule has 0 fully saturated rings. The predicted octanol–water partition coefficient (Wildman–Crippen LogP) is 1.56. The Morgan fingerprint density at radius 2 is 2.00 bits per heavy atom. The summed E-state index contributed by atoms with van der Waals surface area (Å²) in [6, 6.07) is 2.93. The van der Waals surface area contributed by atoms with Crippen molar-refractivity contribution < 1.29 is 19.4 Å². The smallest absolute Gasteiger partial charge is 0.320 e. The molecule has 0 spiro atoms. The van der Waals surface area contributed by atoms with Crippen molar-refractivity contribution in [1.29, 1.82) is 0 Å². The van der Waals surface area contributed by atoms with Crippen LogP contribution in [-0.2, 0) is 4.79 Å². The average Bonchev–Trinajstić information content (AvgIpc) is 2.34. The number of hydrogen-bond donors (Lipinski definition) is 2. The molecule has 19 heavy (non-hydrogen) atoms. The van der Waals surface area contributed by atoms with E-state index in [9.17, 15) is 9.59 Å². The van der Waals surface area contributed by atoms with Gasteiger partial charge in [0.05, 0.1) is 19.2 Å². The molecule has 0 aromatic heterocycles. The molecule has 0 heterocycles. The van der Waals surface area contributed by atoms with Gasteiger partial charge in [-0.3, -0.25) is 14.9 Å². The number of methoxy groups -OCH3 is 1. The van der Waals surface area contributed by atoms with Crippen LogP contribution >= 0.6 is 0 Å². The van der Waals surface area contributed by atoms with Crippen LogP contribution in [0.2, 0.25) is 0 Å². The van der Waals surface area contributed by atoms with E-state index >= 15 is 0 Å².